The lowest BCUT2D eigenvalue weighted by atomic mass is 10.3. The normalized spacial score (nSPS) is 16.8. The van der Waals surface area contributed by atoms with Crippen molar-refractivity contribution in [2.24, 2.45) is 0 Å². The Bertz CT molecular complexity index is 430. The van der Waals surface area contributed by atoms with Crippen LogP contribution in [0.15, 0.2) is 6.20 Å². The molecule has 0 amide bonds. The summed E-state index contributed by atoms with van der Waals surface area (Å²) in [6.45, 7) is 4.52. The molecule has 1 aliphatic rings. The summed E-state index contributed by atoms with van der Waals surface area (Å²) in [5, 5.41) is 19.4. The van der Waals surface area contributed by atoms with Gasteiger partial charge >= 0.3 is 5.97 Å². The third kappa shape index (κ3) is 4.00. The van der Waals surface area contributed by atoms with E-state index in [9.17, 15) is 4.79 Å². The highest BCUT2D eigenvalue weighted by Crippen LogP contribution is 2.26. The zero-order chi connectivity index (χ0) is 13.8. The molecule has 2 rings (SSSR count). The summed E-state index contributed by atoms with van der Waals surface area (Å²) >= 11 is 0. The van der Waals surface area contributed by atoms with Crippen molar-refractivity contribution in [3.8, 4) is 0 Å². The first-order valence-corrected chi connectivity index (χ1v) is 6.64. The van der Waals surface area contributed by atoms with Crippen LogP contribution >= 0.6 is 0 Å². The van der Waals surface area contributed by atoms with Gasteiger partial charge in [-0.1, -0.05) is 5.21 Å². The van der Waals surface area contributed by atoms with Crippen LogP contribution in [0.25, 0.3) is 0 Å². The van der Waals surface area contributed by atoms with Gasteiger partial charge in [-0.15, -0.1) is 5.10 Å². The number of aromatic carboxylic acids is 1. The van der Waals surface area contributed by atoms with Crippen LogP contribution in [0.5, 0.6) is 0 Å². The second-order valence-corrected chi connectivity index (χ2v) is 5.12. The SMILES string of the molecule is CC(CNCCn1cc(C(=O)O)nn1)N(C)C1CC1. The molecule has 106 valence electrons. The highest BCUT2D eigenvalue weighted by molar-refractivity contribution is 5.84. The Kier molecular flexibility index (Phi) is 4.49. The molecule has 0 spiro atoms. The molecule has 1 aliphatic carbocycles. The highest BCUT2D eigenvalue weighted by atomic mass is 16.4. The van der Waals surface area contributed by atoms with Gasteiger partial charge in [0, 0.05) is 25.2 Å². The minimum atomic E-state index is -1.04. The van der Waals surface area contributed by atoms with Crippen molar-refractivity contribution in [3.05, 3.63) is 11.9 Å². The summed E-state index contributed by atoms with van der Waals surface area (Å²) in [6.07, 6.45) is 4.08. The van der Waals surface area contributed by atoms with E-state index in [-0.39, 0.29) is 5.69 Å². The molecule has 1 fully saturated rings. The smallest absolute Gasteiger partial charge is 0.358 e. The minimum Gasteiger partial charge on any atom is -0.476 e. The van der Waals surface area contributed by atoms with E-state index in [0.29, 0.717) is 12.6 Å². The van der Waals surface area contributed by atoms with Gasteiger partial charge in [0.15, 0.2) is 5.69 Å². The van der Waals surface area contributed by atoms with Gasteiger partial charge in [0.05, 0.1) is 12.7 Å². The molecule has 19 heavy (non-hydrogen) atoms. The molecule has 1 heterocycles. The third-order valence-corrected chi connectivity index (χ3v) is 3.53. The Morgan fingerprint density at radius 3 is 3.00 bits per heavy atom. The lowest BCUT2D eigenvalue weighted by Gasteiger charge is -2.24. The molecule has 1 aromatic rings. The van der Waals surface area contributed by atoms with Gasteiger partial charge < -0.3 is 10.4 Å². The monoisotopic (exact) mass is 267 g/mol. The molecule has 0 radical (unpaired) electrons. The summed E-state index contributed by atoms with van der Waals surface area (Å²) in [7, 11) is 2.17. The van der Waals surface area contributed by atoms with E-state index in [0.717, 1.165) is 19.1 Å². The predicted molar refractivity (Wildman–Crippen MR) is 70.1 cm³/mol. The number of rotatable bonds is 8. The molecule has 1 unspecified atom stereocenters. The standard InChI is InChI=1S/C12H21N5O2/c1-9(16(2)10-3-4-10)7-13-5-6-17-8-11(12(18)19)14-15-17/h8-10,13H,3-7H2,1-2H3,(H,18,19). The number of carboxylic acid groups (broad SMARTS) is 1. The van der Waals surface area contributed by atoms with E-state index in [1.165, 1.54) is 19.0 Å². The Hall–Kier alpha value is -1.47. The highest BCUT2D eigenvalue weighted by Gasteiger charge is 2.28. The van der Waals surface area contributed by atoms with Crippen LogP contribution < -0.4 is 5.32 Å². The number of aromatic nitrogens is 3. The molecule has 1 saturated carbocycles. The van der Waals surface area contributed by atoms with E-state index in [2.05, 4.69) is 34.5 Å². The first kappa shape index (κ1) is 14.0. The van der Waals surface area contributed by atoms with Gasteiger partial charge in [-0.2, -0.15) is 0 Å². The third-order valence-electron chi connectivity index (χ3n) is 3.53. The van der Waals surface area contributed by atoms with E-state index >= 15 is 0 Å². The van der Waals surface area contributed by atoms with Crippen molar-refractivity contribution in [2.45, 2.75) is 38.4 Å². The first-order valence-electron chi connectivity index (χ1n) is 6.64. The maximum atomic E-state index is 10.6. The fourth-order valence-corrected chi connectivity index (χ4v) is 2.00. The van der Waals surface area contributed by atoms with Crippen LogP contribution in [0, 0.1) is 0 Å². The molecule has 0 aliphatic heterocycles. The van der Waals surface area contributed by atoms with Gasteiger partial charge in [-0.25, -0.2) is 4.79 Å². The van der Waals surface area contributed by atoms with Crippen molar-refractivity contribution in [2.75, 3.05) is 20.1 Å². The van der Waals surface area contributed by atoms with Crippen LogP contribution in [-0.2, 0) is 6.54 Å². The van der Waals surface area contributed by atoms with E-state index < -0.39 is 5.97 Å². The first-order chi connectivity index (χ1) is 9.08. The van der Waals surface area contributed by atoms with Crippen molar-refractivity contribution < 1.29 is 9.90 Å². The van der Waals surface area contributed by atoms with E-state index in [1.54, 1.807) is 4.68 Å². The Labute approximate surface area is 112 Å². The quantitative estimate of drug-likeness (QED) is 0.648. The number of hydrogen-bond donors (Lipinski definition) is 2. The second-order valence-electron chi connectivity index (χ2n) is 5.12. The molecular formula is C12H21N5O2. The maximum absolute atomic E-state index is 10.6. The summed E-state index contributed by atoms with van der Waals surface area (Å²) in [6, 6.07) is 1.28. The number of nitrogens with one attached hydrogen (secondary N) is 1. The largest absolute Gasteiger partial charge is 0.476 e. The zero-order valence-corrected chi connectivity index (χ0v) is 11.4. The van der Waals surface area contributed by atoms with E-state index in [1.807, 2.05) is 0 Å². The number of carboxylic acids is 1. The van der Waals surface area contributed by atoms with Crippen LogP contribution in [-0.4, -0.2) is 63.2 Å². The van der Waals surface area contributed by atoms with Crippen molar-refractivity contribution in [1.82, 2.24) is 25.2 Å². The fourth-order valence-electron chi connectivity index (χ4n) is 2.00. The van der Waals surface area contributed by atoms with Gasteiger partial charge in [0.2, 0.25) is 0 Å². The molecule has 7 heteroatoms. The summed E-state index contributed by atoms with van der Waals surface area (Å²) in [4.78, 5) is 13.0. The summed E-state index contributed by atoms with van der Waals surface area (Å²) in [5.41, 5.74) is -0.0122. The van der Waals surface area contributed by atoms with E-state index in [4.69, 9.17) is 5.11 Å². The van der Waals surface area contributed by atoms with Crippen molar-refractivity contribution in [1.29, 1.82) is 0 Å². The molecule has 7 nitrogen and oxygen atoms in total. The van der Waals surface area contributed by atoms with Gasteiger partial charge in [-0.05, 0) is 26.8 Å². The molecule has 2 N–H and O–H groups in total. The molecular weight excluding hydrogens is 246 g/mol. The van der Waals surface area contributed by atoms with Gasteiger partial charge in [0.25, 0.3) is 0 Å². The molecule has 0 aromatic carbocycles. The summed E-state index contributed by atoms with van der Waals surface area (Å²) in [5.74, 6) is -1.04. The van der Waals surface area contributed by atoms with Crippen molar-refractivity contribution in [3.63, 3.8) is 0 Å². The number of hydrogen-bond acceptors (Lipinski definition) is 5. The maximum Gasteiger partial charge on any atom is 0.358 e. The van der Waals surface area contributed by atoms with Crippen molar-refractivity contribution >= 4 is 5.97 Å². The van der Waals surface area contributed by atoms with Crippen LogP contribution in [0.2, 0.25) is 0 Å². The topological polar surface area (TPSA) is 83.3 Å². The average Bonchev–Trinajstić information content (AvgIpc) is 3.12. The molecule has 0 bridgehead atoms. The van der Waals surface area contributed by atoms with Crippen LogP contribution in [0.3, 0.4) is 0 Å². The number of nitrogens with zero attached hydrogens (tertiary/aromatic N) is 4. The number of carbonyl (C=O) groups is 1. The summed E-state index contributed by atoms with van der Waals surface area (Å²) < 4.78 is 1.55. The second kappa shape index (κ2) is 6.12. The lowest BCUT2D eigenvalue weighted by Crippen LogP contribution is -2.39. The van der Waals surface area contributed by atoms with Gasteiger partial charge in [0.1, 0.15) is 0 Å². The Morgan fingerprint density at radius 2 is 2.42 bits per heavy atom. The molecule has 1 aromatic heterocycles. The van der Waals surface area contributed by atoms with Gasteiger partial charge in [-0.3, -0.25) is 9.58 Å². The lowest BCUT2D eigenvalue weighted by molar-refractivity contribution is 0.0690. The molecule has 0 saturated heterocycles. The zero-order valence-electron chi connectivity index (χ0n) is 11.4. The fraction of sp³-hybridized carbons (Fsp3) is 0.750. The minimum absolute atomic E-state index is 0.0122. The average molecular weight is 267 g/mol. The van der Waals surface area contributed by atoms with Crippen LogP contribution in [0.4, 0.5) is 0 Å². The number of likely N-dealkylation sites (N-methyl/N-ethyl adjacent to an activating group) is 1. The predicted octanol–water partition coefficient (Wildman–Crippen LogP) is 0.0486. The Balaban J connectivity index is 1.64. The molecule has 1 atom stereocenters. The Morgan fingerprint density at radius 1 is 1.68 bits per heavy atom. The van der Waals surface area contributed by atoms with Crippen LogP contribution in [0.1, 0.15) is 30.3 Å².